The number of hydrogen-bond donors (Lipinski definition) is 0. The van der Waals surface area contributed by atoms with Crippen LogP contribution in [0.2, 0.25) is 5.02 Å². The Labute approximate surface area is 145 Å². The summed E-state index contributed by atoms with van der Waals surface area (Å²) in [7, 11) is 0. The molecule has 0 radical (unpaired) electrons. The minimum absolute atomic E-state index is 0.0811. The quantitative estimate of drug-likeness (QED) is 0.849. The molecule has 0 bridgehead atoms. The predicted octanol–water partition coefficient (Wildman–Crippen LogP) is 2.33. The largest absolute Gasteiger partial charge is 0.339 e. The third-order valence-electron chi connectivity index (χ3n) is 4.21. The zero-order valence-electron chi connectivity index (χ0n) is 13.6. The lowest BCUT2D eigenvalue weighted by atomic mass is 10.2. The maximum absolute atomic E-state index is 13.1. The van der Waals surface area contributed by atoms with Gasteiger partial charge in [-0.15, -0.1) is 0 Å². The molecule has 0 aliphatic carbocycles. The molecule has 1 fully saturated rings. The van der Waals surface area contributed by atoms with Crippen LogP contribution in [-0.2, 0) is 17.9 Å². The molecule has 0 unspecified atom stereocenters. The Morgan fingerprint density at radius 3 is 2.62 bits per heavy atom. The van der Waals surface area contributed by atoms with Gasteiger partial charge in [0.05, 0.1) is 5.69 Å². The molecule has 3 rings (SSSR count). The summed E-state index contributed by atoms with van der Waals surface area (Å²) in [5, 5.41) is 4.69. The molecule has 1 aliphatic heterocycles. The van der Waals surface area contributed by atoms with Crippen molar-refractivity contribution < 1.29 is 9.18 Å². The van der Waals surface area contributed by atoms with Crippen molar-refractivity contribution in [3.8, 4) is 0 Å². The Hall–Kier alpha value is -1.92. The second-order valence-corrected chi connectivity index (χ2v) is 6.45. The van der Waals surface area contributed by atoms with Crippen LogP contribution in [0.5, 0.6) is 0 Å². The van der Waals surface area contributed by atoms with Crippen LogP contribution in [0.15, 0.2) is 30.5 Å². The molecule has 1 amide bonds. The number of aryl methyl sites for hydroxylation is 1. The summed E-state index contributed by atoms with van der Waals surface area (Å²) in [6.45, 7) is 5.75. The summed E-state index contributed by atoms with van der Waals surface area (Å²) < 4.78 is 14.8. The molecule has 128 valence electrons. The predicted molar refractivity (Wildman–Crippen MR) is 90.2 cm³/mol. The van der Waals surface area contributed by atoms with Crippen molar-refractivity contribution in [1.29, 1.82) is 0 Å². The van der Waals surface area contributed by atoms with E-state index in [1.54, 1.807) is 10.7 Å². The van der Waals surface area contributed by atoms with E-state index in [-0.39, 0.29) is 18.3 Å². The first kappa shape index (κ1) is 16.9. The van der Waals surface area contributed by atoms with Gasteiger partial charge in [-0.25, -0.2) is 4.39 Å². The Bertz CT molecular complexity index is 725. The number of amides is 1. The van der Waals surface area contributed by atoms with Gasteiger partial charge in [0.2, 0.25) is 5.91 Å². The maximum atomic E-state index is 13.1. The van der Waals surface area contributed by atoms with Gasteiger partial charge < -0.3 is 4.90 Å². The monoisotopic (exact) mass is 350 g/mol. The van der Waals surface area contributed by atoms with Crippen LogP contribution >= 0.6 is 11.6 Å². The standard InChI is InChI=1S/C17H20ClFN4O/c1-13-4-5-23(20-13)12-17(24)22-8-6-21(7-9-22)11-14-2-3-15(19)10-16(14)18/h2-5,10H,6-9,11-12H2,1H3. The average Bonchev–Trinajstić information content (AvgIpc) is 2.96. The second kappa shape index (κ2) is 7.32. The highest BCUT2D eigenvalue weighted by Gasteiger charge is 2.22. The van der Waals surface area contributed by atoms with Gasteiger partial charge in [0.15, 0.2) is 0 Å². The van der Waals surface area contributed by atoms with Gasteiger partial charge in [-0.3, -0.25) is 14.4 Å². The summed E-state index contributed by atoms with van der Waals surface area (Å²) in [6.07, 6.45) is 1.82. The Balaban J connectivity index is 1.51. The fourth-order valence-electron chi connectivity index (χ4n) is 2.84. The first-order chi connectivity index (χ1) is 11.5. The van der Waals surface area contributed by atoms with Crippen molar-refractivity contribution in [3.05, 3.63) is 52.6 Å². The Morgan fingerprint density at radius 2 is 2.00 bits per heavy atom. The smallest absolute Gasteiger partial charge is 0.244 e. The second-order valence-electron chi connectivity index (χ2n) is 6.05. The number of carbonyl (C=O) groups excluding carboxylic acids is 1. The van der Waals surface area contributed by atoms with E-state index in [0.717, 1.165) is 24.3 Å². The van der Waals surface area contributed by atoms with Gasteiger partial charge in [-0.1, -0.05) is 17.7 Å². The van der Waals surface area contributed by atoms with E-state index in [1.807, 2.05) is 24.1 Å². The van der Waals surface area contributed by atoms with Gasteiger partial charge >= 0.3 is 0 Å². The summed E-state index contributed by atoms with van der Waals surface area (Å²) >= 11 is 6.08. The van der Waals surface area contributed by atoms with E-state index in [9.17, 15) is 9.18 Å². The van der Waals surface area contributed by atoms with Crippen LogP contribution in [0.25, 0.3) is 0 Å². The van der Waals surface area contributed by atoms with Gasteiger partial charge in [0, 0.05) is 43.9 Å². The number of benzene rings is 1. The molecule has 2 heterocycles. The van der Waals surface area contributed by atoms with E-state index < -0.39 is 0 Å². The molecule has 0 atom stereocenters. The molecule has 7 heteroatoms. The number of piperazine rings is 1. The van der Waals surface area contributed by atoms with E-state index >= 15 is 0 Å². The molecule has 5 nitrogen and oxygen atoms in total. The van der Waals surface area contributed by atoms with Crippen molar-refractivity contribution >= 4 is 17.5 Å². The minimum atomic E-state index is -0.326. The molecular formula is C17H20ClFN4O. The lowest BCUT2D eigenvalue weighted by Gasteiger charge is -2.34. The number of nitrogens with zero attached hydrogens (tertiary/aromatic N) is 4. The number of rotatable bonds is 4. The highest BCUT2D eigenvalue weighted by Crippen LogP contribution is 2.19. The fraction of sp³-hybridized carbons (Fsp3) is 0.412. The van der Waals surface area contributed by atoms with Crippen molar-refractivity contribution in [2.45, 2.75) is 20.0 Å². The zero-order chi connectivity index (χ0) is 17.1. The van der Waals surface area contributed by atoms with Crippen LogP contribution in [0.1, 0.15) is 11.3 Å². The van der Waals surface area contributed by atoms with Gasteiger partial charge in [-0.05, 0) is 30.7 Å². The Kier molecular flexibility index (Phi) is 5.16. The molecule has 1 aliphatic rings. The fourth-order valence-corrected chi connectivity index (χ4v) is 3.06. The highest BCUT2D eigenvalue weighted by atomic mass is 35.5. The molecule has 24 heavy (non-hydrogen) atoms. The van der Waals surface area contributed by atoms with E-state index in [2.05, 4.69) is 10.00 Å². The first-order valence-electron chi connectivity index (χ1n) is 7.95. The highest BCUT2D eigenvalue weighted by molar-refractivity contribution is 6.31. The minimum Gasteiger partial charge on any atom is -0.339 e. The van der Waals surface area contributed by atoms with Crippen LogP contribution in [0.3, 0.4) is 0 Å². The number of halogens is 2. The van der Waals surface area contributed by atoms with Gasteiger partial charge in [-0.2, -0.15) is 5.10 Å². The van der Waals surface area contributed by atoms with E-state index in [0.29, 0.717) is 24.7 Å². The van der Waals surface area contributed by atoms with Gasteiger partial charge in [0.1, 0.15) is 12.4 Å². The number of aromatic nitrogens is 2. The van der Waals surface area contributed by atoms with Crippen molar-refractivity contribution in [3.63, 3.8) is 0 Å². The molecule has 2 aromatic rings. The summed E-state index contributed by atoms with van der Waals surface area (Å²) in [5.41, 5.74) is 1.81. The van der Waals surface area contributed by atoms with Crippen LogP contribution < -0.4 is 0 Å². The lowest BCUT2D eigenvalue weighted by molar-refractivity contribution is -0.133. The summed E-state index contributed by atoms with van der Waals surface area (Å²) in [5.74, 6) is -0.245. The van der Waals surface area contributed by atoms with Gasteiger partial charge in [0.25, 0.3) is 0 Å². The van der Waals surface area contributed by atoms with E-state index in [4.69, 9.17) is 11.6 Å². The van der Waals surface area contributed by atoms with Crippen molar-refractivity contribution in [2.24, 2.45) is 0 Å². The van der Waals surface area contributed by atoms with E-state index in [1.165, 1.54) is 12.1 Å². The summed E-state index contributed by atoms with van der Waals surface area (Å²) in [6, 6.07) is 6.36. The molecule has 0 saturated carbocycles. The lowest BCUT2D eigenvalue weighted by Crippen LogP contribution is -2.49. The summed E-state index contributed by atoms with van der Waals surface area (Å²) in [4.78, 5) is 16.4. The molecule has 1 aromatic heterocycles. The van der Waals surface area contributed by atoms with Crippen molar-refractivity contribution in [1.82, 2.24) is 19.6 Å². The Morgan fingerprint density at radius 1 is 1.25 bits per heavy atom. The molecule has 1 aromatic carbocycles. The average molecular weight is 351 g/mol. The third-order valence-corrected chi connectivity index (χ3v) is 4.56. The third kappa shape index (κ3) is 4.13. The molecule has 0 N–H and O–H groups in total. The number of hydrogen-bond acceptors (Lipinski definition) is 3. The van der Waals surface area contributed by atoms with Crippen LogP contribution in [0, 0.1) is 12.7 Å². The van der Waals surface area contributed by atoms with Crippen molar-refractivity contribution in [2.75, 3.05) is 26.2 Å². The molecule has 0 spiro atoms. The zero-order valence-corrected chi connectivity index (χ0v) is 14.3. The van der Waals surface area contributed by atoms with Crippen LogP contribution in [0.4, 0.5) is 4.39 Å². The first-order valence-corrected chi connectivity index (χ1v) is 8.33. The topological polar surface area (TPSA) is 41.4 Å². The SMILES string of the molecule is Cc1ccn(CC(=O)N2CCN(Cc3ccc(F)cc3Cl)CC2)n1. The number of carbonyl (C=O) groups is 1. The maximum Gasteiger partial charge on any atom is 0.244 e. The normalized spacial score (nSPS) is 15.7. The molecular weight excluding hydrogens is 331 g/mol. The molecule has 1 saturated heterocycles. The van der Waals surface area contributed by atoms with Crippen LogP contribution in [-0.4, -0.2) is 51.7 Å².